The summed E-state index contributed by atoms with van der Waals surface area (Å²) in [6.07, 6.45) is 0. The maximum absolute atomic E-state index is 13.1. The number of nitro groups is 1. The standard InChI is InChI=1S/C19H15ClN2O4/c1-13-6-11-16(26-13)12-21(15-9-7-14(20)8-10-15)19(23)17-4-2-3-5-18(17)22(24)25/h2-11H,12H2,1H3. The summed E-state index contributed by atoms with van der Waals surface area (Å²) in [4.78, 5) is 25.3. The Morgan fingerprint density at radius 2 is 1.81 bits per heavy atom. The monoisotopic (exact) mass is 370 g/mol. The van der Waals surface area contributed by atoms with Gasteiger partial charge in [-0.15, -0.1) is 0 Å². The molecule has 1 aromatic heterocycles. The number of nitrogens with zero attached hydrogens (tertiary/aromatic N) is 2. The second-order valence-electron chi connectivity index (χ2n) is 5.65. The van der Waals surface area contributed by atoms with E-state index in [2.05, 4.69) is 0 Å². The molecule has 2 aromatic carbocycles. The number of carbonyl (C=O) groups is 1. The molecule has 0 unspecified atom stereocenters. The molecular formula is C19H15ClN2O4. The van der Waals surface area contributed by atoms with Crippen molar-refractivity contribution < 1.29 is 14.1 Å². The van der Waals surface area contributed by atoms with E-state index in [0.717, 1.165) is 0 Å². The van der Waals surface area contributed by atoms with Gasteiger partial charge in [0.25, 0.3) is 11.6 Å². The zero-order valence-corrected chi connectivity index (χ0v) is 14.6. The molecule has 0 saturated carbocycles. The first-order valence-corrected chi connectivity index (χ1v) is 8.19. The number of nitro benzene ring substituents is 1. The van der Waals surface area contributed by atoms with Gasteiger partial charge in [-0.25, -0.2) is 0 Å². The van der Waals surface area contributed by atoms with Crippen LogP contribution in [0.2, 0.25) is 5.02 Å². The van der Waals surface area contributed by atoms with E-state index in [-0.39, 0.29) is 17.8 Å². The molecule has 0 aliphatic heterocycles. The molecule has 0 aliphatic carbocycles. The van der Waals surface area contributed by atoms with Gasteiger partial charge in [0.1, 0.15) is 17.1 Å². The van der Waals surface area contributed by atoms with Gasteiger partial charge < -0.3 is 9.32 Å². The quantitative estimate of drug-likeness (QED) is 0.468. The SMILES string of the molecule is Cc1ccc(CN(C(=O)c2ccccc2[N+](=O)[O-])c2ccc(Cl)cc2)o1. The molecule has 0 radical (unpaired) electrons. The number of aryl methyl sites for hydroxylation is 1. The van der Waals surface area contributed by atoms with Crippen molar-refractivity contribution in [1.29, 1.82) is 0 Å². The molecule has 0 saturated heterocycles. The van der Waals surface area contributed by atoms with Gasteiger partial charge in [-0.05, 0) is 49.4 Å². The molecule has 132 valence electrons. The van der Waals surface area contributed by atoms with Crippen LogP contribution in [0.5, 0.6) is 0 Å². The zero-order valence-electron chi connectivity index (χ0n) is 13.9. The van der Waals surface area contributed by atoms with Crippen molar-refractivity contribution in [2.45, 2.75) is 13.5 Å². The Balaban J connectivity index is 2.03. The summed E-state index contributed by atoms with van der Waals surface area (Å²) >= 11 is 5.93. The highest BCUT2D eigenvalue weighted by atomic mass is 35.5. The minimum atomic E-state index is -0.565. The average molecular weight is 371 g/mol. The number of halogens is 1. The number of anilines is 1. The number of carbonyl (C=O) groups excluding carboxylic acids is 1. The van der Waals surface area contributed by atoms with Gasteiger partial charge in [0.2, 0.25) is 0 Å². The predicted molar refractivity (Wildman–Crippen MR) is 98.5 cm³/mol. The highest BCUT2D eigenvalue weighted by Gasteiger charge is 2.26. The Labute approximate surface area is 154 Å². The van der Waals surface area contributed by atoms with E-state index in [1.54, 1.807) is 49.4 Å². The molecule has 1 amide bonds. The van der Waals surface area contributed by atoms with Gasteiger partial charge >= 0.3 is 0 Å². The summed E-state index contributed by atoms with van der Waals surface area (Å²) in [6.45, 7) is 1.94. The van der Waals surface area contributed by atoms with Crippen molar-refractivity contribution in [3.63, 3.8) is 0 Å². The first-order valence-electron chi connectivity index (χ1n) is 7.82. The fourth-order valence-electron chi connectivity index (χ4n) is 2.59. The third kappa shape index (κ3) is 3.75. The van der Waals surface area contributed by atoms with E-state index >= 15 is 0 Å². The van der Waals surface area contributed by atoms with Crippen molar-refractivity contribution in [3.05, 3.63) is 92.9 Å². The Morgan fingerprint density at radius 3 is 2.42 bits per heavy atom. The largest absolute Gasteiger partial charge is 0.464 e. The summed E-state index contributed by atoms with van der Waals surface area (Å²) in [5, 5.41) is 11.8. The maximum atomic E-state index is 13.1. The Hall–Kier alpha value is -3.12. The van der Waals surface area contributed by atoms with Crippen molar-refractivity contribution in [1.82, 2.24) is 0 Å². The van der Waals surface area contributed by atoms with Gasteiger partial charge in [-0.1, -0.05) is 23.7 Å². The molecule has 3 rings (SSSR count). The molecular weight excluding hydrogens is 356 g/mol. The zero-order chi connectivity index (χ0) is 18.7. The number of para-hydroxylation sites is 1. The predicted octanol–water partition coefficient (Wildman–Crippen LogP) is 5.00. The summed E-state index contributed by atoms with van der Waals surface area (Å²) < 4.78 is 5.57. The lowest BCUT2D eigenvalue weighted by Crippen LogP contribution is -2.30. The van der Waals surface area contributed by atoms with Crippen LogP contribution in [-0.4, -0.2) is 10.8 Å². The molecule has 26 heavy (non-hydrogen) atoms. The van der Waals surface area contributed by atoms with Crippen LogP contribution in [-0.2, 0) is 6.54 Å². The molecule has 0 bridgehead atoms. The lowest BCUT2D eigenvalue weighted by molar-refractivity contribution is -0.385. The highest BCUT2D eigenvalue weighted by molar-refractivity contribution is 6.30. The lowest BCUT2D eigenvalue weighted by atomic mass is 10.1. The van der Waals surface area contributed by atoms with Gasteiger partial charge in [0.15, 0.2) is 0 Å². The Bertz CT molecular complexity index is 950. The van der Waals surface area contributed by atoms with E-state index in [0.29, 0.717) is 22.2 Å². The molecule has 0 fully saturated rings. The second-order valence-corrected chi connectivity index (χ2v) is 6.09. The Morgan fingerprint density at radius 1 is 1.12 bits per heavy atom. The molecule has 6 nitrogen and oxygen atoms in total. The van der Waals surface area contributed by atoms with Crippen LogP contribution in [0.4, 0.5) is 11.4 Å². The third-order valence-corrected chi connectivity index (χ3v) is 4.08. The molecule has 0 N–H and O–H groups in total. The molecule has 7 heteroatoms. The minimum absolute atomic E-state index is 0.00993. The van der Waals surface area contributed by atoms with Gasteiger partial charge in [0, 0.05) is 16.8 Å². The normalized spacial score (nSPS) is 10.5. The summed E-state index contributed by atoms with van der Waals surface area (Å²) in [6, 6.07) is 16.1. The Kier molecular flexibility index (Phi) is 5.04. The van der Waals surface area contributed by atoms with Crippen LogP contribution in [0.25, 0.3) is 0 Å². The number of benzene rings is 2. The van der Waals surface area contributed by atoms with Gasteiger partial charge in [-0.3, -0.25) is 14.9 Å². The van der Waals surface area contributed by atoms with Crippen LogP contribution in [0.15, 0.2) is 65.1 Å². The van der Waals surface area contributed by atoms with E-state index in [4.69, 9.17) is 16.0 Å². The average Bonchev–Trinajstić information content (AvgIpc) is 3.05. The van der Waals surface area contributed by atoms with Crippen LogP contribution in [0.1, 0.15) is 21.9 Å². The van der Waals surface area contributed by atoms with Crippen LogP contribution in [0, 0.1) is 17.0 Å². The van der Waals surface area contributed by atoms with E-state index in [1.807, 2.05) is 0 Å². The number of hydrogen-bond acceptors (Lipinski definition) is 4. The van der Waals surface area contributed by atoms with E-state index in [9.17, 15) is 14.9 Å². The van der Waals surface area contributed by atoms with Crippen molar-refractivity contribution >= 4 is 28.9 Å². The van der Waals surface area contributed by atoms with Crippen LogP contribution in [0.3, 0.4) is 0 Å². The number of hydrogen-bond donors (Lipinski definition) is 0. The second kappa shape index (κ2) is 7.41. The lowest BCUT2D eigenvalue weighted by Gasteiger charge is -2.22. The van der Waals surface area contributed by atoms with Gasteiger partial charge in [-0.2, -0.15) is 0 Å². The maximum Gasteiger partial charge on any atom is 0.282 e. The van der Waals surface area contributed by atoms with Crippen LogP contribution < -0.4 is 4.90 Å². The smallest absolute Gasteiger partial charge is 0.282 e. The third-order valence-electron chi connectivity index (χ3n) is 3.82. The molecule has 1 heterocycles. The van der Waals surface area contributed by atoms with E-state index < -0.39 is 10.8 Å². The molecule has 0 aliphatic rings. The first kappa shape index (κ1) is 17.7. The molecule has 3 aromatic rings. The summed E-state index contributed by atoms with van der Waals surface area (Å²) in [5.74, 6) is 0.798. The summed E-state index contributed by atoms with van der Waals surface area (Å²) in [5.41, 5.74) is 0.328. The minimum Gasteiger partial charge on any atom is -0.464 e. The van der Waals surface area contributed by atoms with E-state index in [1.165, 1.54) is 23.1 Å². The van der Waals surface area contributed by atoms with Crippen molar-refractivity contribution in [2.75, 3.05) is 4.90 Å². The van der Waals surface area contributed by atoms with Crippen LogP contribution >= 0.6 is 11.6 Å². The van der Waals surface area contributed by atoms with Crippen molar-refractivity contribution in [3.8, 4) is 0 Å². The number of amides is 1. The number of furan rings is 1. The first-order chi connectivity index (χ1) is 12.5. The topological polar surface area (TPSA) is 76.6 Å². The van der Waals surface area contributed by atoms with Crippen molar-refractivity contribution in [2.24, 2.45) is 0 Å². The fraction of sp³-hybridized carbons (Fsp3) is 0.105. The molecule has 0 atom stereocenters. The molecule has 0 spiro atoms. The summed E-state index contributed by atoms with van der Waals surface area (Å²) in [7, 11) is 0. The number of rotatable bonds is 5. The van der Waals surface area contributed by atoms with Gasteiger partial charge in [0.05, 0.1) is 11.5 Å². The highest BCUT2D eigenvalue weighted by Crippen LogP contribution is 2.26. The fourth-order valence-corrected chi connectivity index (χ4v) is 2.71.